The summed E-state index contributed by atoms with van der Waals surface area (Å²) < 4.78 is 21.4. The molecule has 0 bridgehead atoms. The molecule has 0 radical (unpaired) electrons. The highest BCUT2D eigenvalue weighted by atomic mass is 32.2. The molecule has 34 heavy (non-hydrogen) atoms. The van der Waals surface area contributed by atoms with E-state index >= 15 is 0 Å². The van der Waals surface area contributed by atoms with Crippen molar-refractivity contribution in [3.05, 3.63) is 35.6 Å². The zero-order chi connectivity index (χ0) is 24.1. The predicted molar refractivity (Wildman–Crippen MR) is 133 cm³/mol. The van der Waals surface area contributed by atoms with Crippen molar-refractivity contribution < 1.29 is 13.9 Å². The molecular weight excluding hydrogens is 453 g/mol. The third kappa shape index (κ3) is 5.92. The highest BCUT2D eigenvalue weighted by Gasteiger charge is 2.27. The van der Waals surface area contributed by atoms with Crippen LogP contribution in [0.4, 0.5) is 10.3 Å². The average Bonchev–Trinajstić information content (AvgIpc) is 3.49. The van der Waals surface area contributed by atoms with Crippen LogP contribution >= 0.6 is 11.8 Å². The van der Waals surface area contributed by atoms with Gasteiger partial charge >= 0.3 is 0 Å². The molecule has 2 saturated heterocycles. The summed E-state index contributed by atoms with van der Waals surface area (Å²) >= 11 is 1.44. The summed E-state index contributed by atoms with van der Waals surface area (Å²) in [5.74, 6) is 1.67. The summed E-state index contributed by atoms with van der Waals surface area (Å²) in [6.45, 7) is 10.3. The highest BCUT2D eigenvalue weighted by molar-refractivity contribution is 7.99. The second-order valence-electron chi connectivity index (χ2n) is 9.39. The smallest absolute Gasteiger partial charge is 0.233 e. The summed E-state index contributed by atoms with van der Waals surface area (Å²) in [5.41, 5.74) is 0.921. The number of carbonyl (C=O) groups excluding carboxylic acids is 1. The number of hydrogen-bond donors (Lipinski definition) is 0. The molecule has 2 unspecified atom stereocenters. The van der Waals surface area contributed by atoms with Gasteiger partial charge in [0.05, 0.1) is 24.4 Å². The van der Waals surface area contributed by atoms with Gasteiger partial charge in [-0.15, -0.1) is 10.2 Å². The van der Waals surface area contributed by atoms with Gasteiger partial charge in [0, 0.05) is 26.2 Å². The van der Waals surface area contributed by atoms with E-state index in [1.54, 1.807) is 12.1 Å². The highest BCUT2D eigenvalue weighted by Crippen LogP contribution is 2.29. The van der Waals surface area contributed by atoms with E-state index in [1.165, 1.54) is 23.9 Å². The second kappa shape index (κ2) is 11.5. The normalized spacial score (nSPS) is 20.0. The molecule has 1 aromatic heterocycles. The maximum atomic E-state index is 13.3. The van der Waals surface area contributed by atoms with E-state index in [9.17, 15) is 9.18 Å². The van der Waals surface area contributed by atoms with E-state index in [0.717, 1.165) is 68.0 Å². The van der Waals surface area contributed by atoms with Crippen LogP contribution in [-0.2, 0) is 16.1 Å². The molecule has 186 valence electrons. The molecule has 1 amide bonds. The number of thioether (sulfide) groups is 1. The Morgan fingerprint density at radius 1 is 1.24 bits per heavy atom. The van der Waals surface area contributed by atoms with Crippen LogP contribution in [0.3, 0.4) is 0 Å². The maximum Gasteiger partial charge on any atom is 0.233 e. The molecule has 9 heteroatoms. The lowest BCUT2D eigenvalue weighted by molar-refractivity contribution is -0.130. The number of halogens is 1. The fraction of sp³-hybridized carbons (Fsp3) is 0.640. The number of rotatable bonds is 9. The van der Waals surface area contributed by atoms with Crippen molar-refractivity contribution in [1.82, 2.24) is 19.7 Å². The molecule has 2 aromatic rings. The largest absolute Gasteiger partial charge is 0.376 e. The van der Waals surface area contributed by atoms with Crippen molar-refractivity contribution in [2.45, 2.75) is 70.3 Å². The van der Waals surface area contributed by atoms with Crippen LogP contribution < -0.4 is 4.90 Å². The minimum Gasteiger partial charge on any atom is -0.376 e. The minimum atomic E-state index is -0.273. The van der Waals surface area contributed by atoms with Gasteiger partial charge in [-0.2, -0.15) is 0 Å². The Labute approximate surface area is 206 Å². The first kappa shape index (κ1) is 25.0. The molecule has 2 aliphatic heterocycles. The zero-order valence-electron chi connectivity index (χ0n) is 20.5. The van der Waals surface area contributed by atoms with Crippen molar-refractivity contribution in [2.24, 2.45) is 5.92 Å². The lowest BCUT2D eigenvalue weighted by Crippen LogP contribution is -2.36. The average molecular weight is 490 g/mol. The second-order valence-corrected chi connectivity index (χ2v) is 10.3. The molecule has 0 spiro atoms. The van der Waals surface area contributed by atoms with Gasteiger partial charge < -0.3 is 14.5 Å². The Balaban J connectivity index is 1.46. The zero-order valence-corrected chi connectivity index (χ0v) is 21.3. The lowest BCUT2D eigenvalue weighted by atomic mass is 10.00. The van der Waals surface area contributed by atoms with Crippen LogP contribution in [0.25, 0.3) is 0 Å². The molecule has 4 rings (SSSR count). The number of amides is 1. The maximum absolute atomic E-state index is 13.3. The minimum absolute atomic E-state index is 0.0318. The topological polar surface area (TPSA) is 63.5 Å². The number of anilines is 1. The van der Waals surface area contributed by atoms with Gasteiger partial charge in [0.25, 0.3) is 0 Å². The van der Waals surface area contributed by atoms with E-state index < -0.39 is 0 Å². The fourth-order valence-electron chi connectivity index (χ4n) is 4.78. The van der Waals surface area contributed by atoms with Crippen molar-refractivity contribution in [3.63, 3.8) is 0 Å². The first-order valence-electron chi connectivity index (χ1n) is 12.4. The van der Waals surface area contributed by atoms with E-state index in [-0.39, 0.29) is 29.6 Å². The number of hydrogen-bond acceptors (Lipinski definition) is 6. The molecule has 2 aliphatic rings. The number of benzene rings is 1. The molecule has 3 heterocycles. The third-order valence-corrected chi connectivity index (χ3v) is 7.93. The van der Waals surface area contributed by atoms with Crippen molar-refractivity contribution in [2.75, 3.05) is 36.9 Å². The lowest BCUT2D eigenvalue weighted by Gasteiger charge is -2.31. The Morgan fingerprint density at radius 2 is 1.97 bits per heavy atom. The van der Waals surface area contributed by atoms with Crippen molar-refractivity contribution in [1.29, 1.82) is 0 Å². The van der Waals surface area contributed by atoms with Crippen LogP contribution in [0, 0.1) is 11.7 Å². The van der Waals surface area contributed by atoms with Gasteiger partial charge in [-0.05, 0) is 63.1 Å². The summed E-state index contributed by atoms with van der Waals surface area (Å²) in [6.07, 6.45) is 4.59. The predicted octanol–water partition coefficient (Wildman–Crippen LogP) is 4.53. The Morgan fingerprint density at radius 3 is 2.62 bits per heavy atom. The molecule has 0 saturated carbocycles. The van der Waals surface area contributed by atoms with Crippen LogP contribution in [0.2, 0.25) is 0 Å². The summed E-state index contributed by atoms with van der Waals surface area (Å²) in [5, 5.41) is 9.80. The number of ether oxygens (including phenoxy) is 1. The van der Waals surface area contributed by atoms with Gasteiger partial charge in [-0.1, -0.05) is 30.8 Å². The first-order chi connectivity index (χ1) is 16.5. The Kier molecular flexibility index (Phi) is 8.47. The number of carbonyl (C=O) groups is 1. The van der Waals surface area contributed by atoms with Gasteiger partial charge in [0.15, 0.2) is 5.16 Å². The molecule has 1 aromatic carbocycles. The van der Waals surface area contributed by atoms with Gasteiger partial charge in [-0.3, -0.25) is 9.36 Å². The quantitative estimate of drug-likeness (QED) is 0.482. The Bertz CT molecular complexity index is 939. The molecule has 0 N–H and O–H groups in total. The van der Waals surface area contributed by atoms with Crippen LogP contribution in [-0.4, -0.2) is 63.7 Å². The van der Waals surface area contributed by atoms with Crippen molar-refractivity contribution >= 4 is 23.6 Å². The van der Waals surface area contributed by atoms with E-state index in [0.29, 0.717) is 13.1 Å². The molecule has 2 fully saturated rings. The summed E-state index contributed by atoms with van der Waals surface area (Å²) in [7, 11) is 0. The van der Waals surface area contributed by atoms with E-state index in [2.05, 4.69) is 26.6 Å². The van der Waals surface area contributed by atoms with Crippen LogP contribution in [0.5, 0.6) is 0 Å². The number of aromatic nitrogens is 3. The molecular formula is C25H36FN5O2S. The fourth-order valence-corrected chi connectivity index (χ4v) is 5.61. The molecule has 7 nitrogen and oxygen atoms in total. The standard InChI is InChI=1S/C25H36FN5O2S/c1-4-30(19(3)20-7-9-21(26)10-8-20)23(32)17-34-25-28-27-24(29-13-11-18(2)12-14-29)31(25)16-22-6-5-15-33-22/h7-10,18-19,22H,4-6,11-17H2,1-3H3. The van der Waals surface area contributed by atoms with E-state index in [1.807, 2.05) is 18.7 Å². The van der Waals surface area contributed by atoms with Crippen LogP contribution in [0.15, 0.2) is 29.4 Å². The van der Waals surface area contributed by atoms with Crippen molar-refractivity contribution in [3.8, 4) is 0 Å². The summed E-state index contributed by atoms with van der Waals surface area (Å²) in [4.78, 5) is 17.3. The Hall–Kier alpha value is -2.13. The molecule has 0 aliphatic carbocycles. The molecule has 2 atom stereocenters. The number of piperidine rings is 1. The van der Waals surface area contributed by atoms with E-state index in [4.69, 9.17) is 4.74 Å². The van der Waals surface area contributed by atoms with Gasteiger partial charge in [0.1, 0.15) is 5.82 Å². The monoisotopic (exact) mass is 489 g/mol. The SMILES string of the molecule is CCN(C(=O)CSc1nnc(N2CCC(C)CC2)n1CC1CCCO1)C(C)c1ccc(F)cc1. The summed E-state index contributed by atoms with van der Waals surface area (Å²) in [6, 6.07) is 6.24. The third-order valence-electron chi connectivity index (χ3n) is 6.98. The number of nitrogens with zero attached hydrogens (tertiary/aromatic N) is 5. The first-order valence-corrected chi connectivity index (χ1v) is 13.4. The van der Waals surface area contributed by atoms with Crippen LogP contribution in [0.1, 0.15) is 58.1 Å². The van der Waals surface area contributed by atoms with Gasteiger partial charge in [0.2, 0.25) is 11.9 Å². The van der Waals surface area contributed by atoms with Gasteiger partial charge in [-0.25, -0.2) is 4.39 Å².